The third-order valence-corrected chi connectivity index (χ3v) is 2.34. The molecule has 0 aliphatic rings. The minimum absolute atomic E-state index is 0.548. The molecule has 2 aromatic rings. The SMILES string of the molecule is NCc1cccc(Nc2cccc(N)c2)c1. The summed E-state index contributed by atoms with van der Waals surface area (Å²) >= 11 is 0. The van der Waals surface area contributed by atoms with Gasteiger partial charge in [0, 0.05) is 23.6 Å². The van der Waals surface area contributed by atoms with Gasteiger partial charge in [-0.1, -0.05) is 18.2 Å². The van der Waals surface area contributed by atoms with Gasteiger partial charge in [-0.2, -0.15) is 0 Å². The molecule has 0 aromatic heterocycles. The van der Waals surface area contributed by atoms with Crippen LogP contribution in [0.15, 0.2) is 48.5 Å². The topological polar surface area (TPSA) is 64.1 Å². The summed E-state index contributed by atoms with van der Waals surface area (Å²) in [4.78, 5) is 0. The van der Waals surface area contributed by atoms with Gasteiger partial charge in [0.2, 0.25) is 0 Å². The van der Waals surface area contributed by atoms with E-state index in [9.17, 15) is 0 Å². The largest absolute Gasteiger partial charge is 0.399 e. The summed E-state index contributed by atoms with van der Waals surface area (Å²) < 4.78 is 0. The molecule has 0 amide bonds. The molecular weight excluding hydrogens is 198 g/mol. The molecular formula is C13H15N3. The first-order valence-electron chi connectivity index (χ1n) is 5.19. The van der Waals surface area contributed by atoms with Crippen molar-refractivity contribution in [2.75, 3.05) is 11.1 Å². The van der Waals surface area contributed by atoms with Gasteiger partial charge in [0.15, 0.2) is 0 Å². The van der Waals surface area contributed by atoms with E-state index in [0.29, 0.717) is 6.54 Å². The smallest absolute Gasteiger partial charge is 0.0404 e. The third kappa shape index (κ3) is 2.52. The predicted molar refractivity (Wildman–Crippen MR) is 68.5 cm³/mol. The minimum Gasteiger partial charge on any atom is -0.399 e. The lowest BCUT2D eigenvalue weighted by Crippen LogP contribution is -1.97. The Kier molecular flexibility index (Phi) is 3.08. The second kappa shape index (κ2) is 4.68. The molecule has 3 nitrogen and oxygen atoms in total. The first kappa shape index (κ1) is 10.5. The second-order valence-corrected chi connectivity index (χ2v) is 3.65. The van der Waals surface area contributed by atoms with Gasteiger partial charge in [-0.15, -0.1) is 0 Å². The molecule has 0 saturated heterocycles. The first-order valence-corrected chi connectivity index (χ1v) is 5.19. The van der Waals surface area contributed by atoms with Gasteiger partial charge in [0.1, 0.15) is 0 Å². The van der Waals surface area contributed by atoms with E-state index >= 15 is 0 Å². The fourth-order valence-electron chi connectivity index (χ4n) is 1.56. The number of nitrogens with two attached hydrogens (primary N) is 2. The minimum atomic E-state index is 0.548. The van der Waals surface area contributed by atoms with Crippen molar-refractivity contribution in [3.05, 3.63) is 54.1 Å². The average Bonchev–Trinajstić information content (AvgIpc) is 2.29. The van der Waals surface area contributed by atoms with Gasteiger partial charge in [-0.25, -0.2) is 0 Å². The molecule has 0 aliphatic heterocycles. The standard InChI is InChI=1S/C13H15N3/c14-9-10-3-1-5-12(7-10)16-13-6-2-4-11(15)8-13/h1-8,16H,9,14-15H2. The lowest BCUT2D eigenvalue weighted by Gasteiger charge is -2.08. The molecule has 2 rings (SSSR count). The second-order valence-electron chi connectivity index (χ2n) is 3.65. The van der Waals surface area contributed by atoms with E-state index < -0.39 is 0 Å². The monoisotopic (exact) mass is 213 g/mol. The maximum absolute atomic E-state index is 5.71. The van der Waals surface area contributed by atoms with E-state index in [1.165, 1.54) is 0 Å². The maximum atomic E-state index is 5.71. The molecule has 0 saturated carbocycles. The summed E-state index contributed by atoms with van der Waals surface area (Å²) in [6.45, 7) is 0.548. The van der Waals surface area contributed by atoms with Crippen LogP contribution in [0.4, 0.5) is 17.1 Å². The van der Waals surface area contributed by atoms with Crippen LogP contribution >= 0.6 is 0 Å². The number of anilines is 3. The Morgan fingerprint density at radius 3 is 2.31 bits per heavy atom. The normalized spacial score (nSPS) is 10.1. The zero-order valence-corrected chi connectivity index (χ0v) is 8.98. The molecule has 82 valence electrons. The molecule has 0 spiro atoms. The molecule has 3 heteroatoms. The van der Waals surface area contributed by atoms with Crippen molar-refractivity contribution < 1.29 is 0 Å². The van der Waals surface area contributed by atoms with Crippen LogP contribution < -0.4 is 16.8 Å². The van der Waals surface area contributed by atoms with E-state index in [4.69, 9.17) is 11.5 Å². The highest BCUT2D eigenvalue weighted by molar-refractivity contribution is 5.63. The zero-order valence-electron chi connectivity index (χ0n) is 8.98. The molecule has 2 aromatic carbocycles. The number of hydrogen-bond donors (Lipinski definition) is 3. The Morgan fingerprint density at radius 1 is 0.938 bits per heavy atom. The Balaban J connectivity index is 2.20. The summed E-state index contributed by atoms with van der Waals surface area (Å²) in [6.07, 6.45) is 0. The van der Waals surface area contributed by atoms with Crippen LogP contribution in [0, 0.1) is 0 Å². The van der Waals surface area contributed by atoms with Crippen molar-refractivity contribution in [3.8, 4) is 0 Å². The van der Waals surface area contributed by atoms with Crippen LogP contribution in [-0.4, -0.2) is 0 Å². The van der Waals surface area contributed by atoms with E-state index in [-0.39, 0.29) is 0 Å². The van der Waals surface area contributed by atoms with Crippen LogP contribution in [0.2, 0.25) is 0 Å². The van der Waals surface area contributed by atoms with Gasteiger partial charge in [0.05, 0.1) is 0 Å². The van der Waals surface area contributed by atoms with Crippen molar-refractivity contribution in [2.45, 2.75) is 6.54 Å². The van der Waals surface area contributed by atoms with Gasteiger partial charge in [0.25, 0.3) is 0 Å². The van der Waals surface area contributed by atoms with Crippen molar-refractivity contribution in [1.82, 2.24) is 0 Å². The summed E-state index contributed by atoms with van der Waals surface area (Å²) in [6, 6.07) is 15.7. The van der Waals surface area contributed by atoms with E-state index in [1.807, 2.05) is 48.5 Å². The predicted octanol–water partition coefficient (Wildman–Crippen LogP) is 2.47. The molecule has 5 N–H and O–H groups in total. The summed E-state index contributed by atoms with van der Waals surface area (Å²) in [5, 5.41) is 3.28. The Bertz CT molecular complexity index is 480. The highest BCUT2D eigenvalue weighted by atomic mass is 14.9. The zero-order chi connectivity index (χ0) is 11.4. The van der Waals surface area contributed by atoms with Gasteiger partial charge < -0.3 is 16.8 Å². The van der Waals surface area contributed by atoms with Crippen LogP contribution in [0.25, 0.3) is 0 Å². The first-order chi connectivity index (χ1) is 7.78. The van der Waals surface area contributed by atoms with Crippen LogP contribution in [-0.2, 0) is 6.54 Å². The molecule has 0 heterocycles. The van der Waals surface area contributed by atoms with Crippen LogP contribution in [0.3, 0.4) is 0 Å². The van der Waals surface area contributed by atoms with Crippen molar-refractivity contribution in [2.24, 2.45) is 5.73 Å². The molecule has 16 heavy (non-hydrogen) atoms. The quantitative estimate of drug-likeness (QED) is 0.686. The van der Waals surface area contributed by atoms with Gasteiger partial charge in [-0.3, -0.25) is 0 Å². The molecule has 0 bridgehead atoms. The fourth-order valence-corrected chi connectivity index (χ4v) is 1.56. The van der Waals surface area contributed by atoms with Gasteiger partial charge >= 0.3 is 0 Å². The third-order valence-electron chi connectivity index (χ3n) is 2.34. The Morgan fingerprint density at radius 2 is 1.62 bits per heavy atom. The summed E-state index contributed by atoms with van der Waals surface area (Å²) in [5.74, 6) is 0. The summed E-state index contributed by atoms with van der Waals surface area (Å²) in [7, 11) is 0. The molecule has 0 atom stereocenters. The average molecular weight is 213 g/mol. The van der Waals surface area contributed by atoms with Crippen LogP contribution in [0.5, 0.6) is 0 Å². The molecule has 0 fully saturated rings. The highest BCUT2D eigenvalue weighted by Gasteiger charge is 1.96. The van der Waals surface area contributed by atoms with Gasteiger partial charge in [-0.05, 0) is 35.9 Å². The maximum Gasteiger partial charge on any atom is 0.0404 e. The Labute approximate surface area is 95.1 Å². The number of rotatable bonds is 3. The lowest BCUT2D eigenvalue weighted by molar-refractivity contribution is 1.07. The van der Waals surface area contributed by atoms with Crippen molar-refractivity contribution in [1.29, 1.82) is 0 Å². The van der Waals surface area contributed by atoms with E-state index in [2.05, 4.69) is 5.32 Å². The number of nitrogen functional groups attached to an aromatic ring is 1. The number of nitrogens with one attached hydrogen (secondary N) is 1. The van der Waals surface area contributed by atoms with E-state index in [1.54, 1.807) is 0 Å². The number of hydrogen-bond acceptors (Lipinski definition) is 3. The summed E-state index contributed by atoms with van der Waals surface area (Å²) in [5.41, 5.74) is 15.2. The lowest BCUT2D eigenvalue weighted by atomic mass is 10.2. The molecule has 0 aliphatic carbocycles. The van der Waals surface area contributed by atoms with E-state index in [0.717, 1.165) is 22.6 Å². The number of benzene rings is 2. The molecule has 0 radical (unpaired) electrons. The van der Waals surface area contributed by atoms with Crippen molar-refractivity contribution >= 4 is 17.1 Å². The highest BCUT2D eigenvalue weighted by Crippen LogP contribution is 2.19. The van der Waals surface area contributed by atoms with Crippen LogP contribution in [0.1, 0.15) is 5.56 Å². The Hall–Kier alpha value is -2.00. The van der Waals surface area contributed by atoms with Crippen molar-refractivity contribution in [3.63, 3.8) is 0 Å². The molecule has 0 unspecified atom stereocenters. The fraction of sp³-hybridized carbons (Fsp3) is 0.0769.